The third-order valence-corrected chi connectivity index (χ3v) is 11.0. The molecule has 0 radical (unpaired) electrons. The molecule has 0 unspecified atom stereocenters. The van der Waals surface area contributed by atoms with Crippen LogP contribution in [0.3, 0.4) is 0 Å². The Labute approximate surface area is 300 Å². The average molecular weight is 667 g/mol. The molecule has 0 fully saturated rings. The summed E-state index contributed by atoms with van der Waals surface area (Å²) in [5.74, 6) is 0.717. The van der Waals surface area contributed by atoms with Gasteiger partial charge in [-0.05, 0) is 84.7 Å². The second-order valence-corrected chi connectivity index (χ2v) is 14.0. The van der Waals surface area contributed by atoms with Crippen LogP contribution in [0.1, 0.15) is 0 Å². The molecular formula is C48H30N2S. The smallest absolute Gasteiger partial charge is 0.161 e. The number of fused-ring (bicyclic) bond motifs is 5. The summed E-state index contributed by atoms with van der Waals surface area (Å²) >= 11 is 1.82. The molecule has 0 aliphatic rings. The van der Waals surface area contributed by atoms with Gasteiger partial charge in [0.2, 0.25) is 0 Å². The third kappa shape index (κ3) is 5.18. The molecule has 0 atom stereocenters. The molecule has 0 amide bonds. The van der Waals surface area contributed by atoms with E-state index < -0.39 is 0 Å². The van der Waals surface area contributed by atoms with Crippen molar-refractivity contribution >= 4 is 53.7 Å². The van der Waals surface area contributed by atoms with Crippen LogP contribution in [-0.2, 0) is 0 Å². The fourth-order valence-corrected chi connectivity index (χ4v) is 8.50. The predicted molar refractivity (Wildman–Crippen MR) is 217 cm³/mol. The van der Waals surface area contributed by atoms with Crippen molar-refractivity contribution in [2.75, 3.05) is 0 Å². The van der Waals surface area contributed by atoms with Gasteiger partial charge >= 0.3 is 0 Å². The van der Waals surface area contributed by atoms with E-state index in [1.165, 1.54) is 42.1 Å². The molecule has 10 aromatic rings. The van der Waals surface area contributed by atoms with Gasteiger partial charge in [-0.3, -0.25) is 0 Å². The summed E-state index contributed by atoms with van der Waals surface area (Å²) in [5.41, 5.74) is 8.44. The lowest BCUT2D eigenvalue weighted by Gasteiger charge is -2.16. The Balaban J connectivity index is 1.26. The van der Waals surface area contributed by atoms with E-state index in [0.717, 1.165) is 55.8 Å². The normalized spacial score (nSPS) is 11.5. The molecule has 0 aliphatic heterocycles. The van der Waals surface area contributed by atoms with Crippen LogP contribution in [0.4, 0.5) is 0 Å². The second kappa shape index (κ2) is 12.2. The zero-order valence-electron chi connectivity index (χ0n) is 27.6. The van der Waals surface area contributed by atoms with Crippen LogP contribution >= 0.6 is 11.3 Å². The Morgan fingerprint density at radius 2 is 1.02 bits per heavy atom. The van der Waals surface area contributed by atoms with E-state index in [9.17, 15) is 0 Å². The van der Waals surface area contributed by atoms with E-state index in [-0.39, 0.29) is 0 Å². The van der Waals surface area contributed by atoms with Crippen molar-refractivity contribution in [1.29, 1.82) is 0 Å². The number of benzene rings is 8. The van der Waals surface area contributed by atoms with Gasteiger partial charge in [0.15, 0.2) is 5.82 Å². The summed E-state index contributed by atoms with van der Waals surface area (Å²) in [6, 6.07) is 65.0. The summed E-state index contributed by atoms with van der Waals surface area (Å²) in [5, 5.41) is 8.37. The van der Waals surface area contributed by atoms with Crippen molar-refractivity contribution in [2.24, 2.45) is 0 Å². The molecule has 3 heteroatoms. The maximum atomic E-state index is 5.47. The molecule has 0 saturated carbocycles. The van der Waals surface area contributed by atoms with Crippen LogP contribution in [0.25, 0.3) is 97.9 Å². The molecule has 10 rings (SSSR count). The summed E-state index contributed by atoms with van der Waals surface area (Å²) in [6.45, 7) is 0. The van der Waals surface area contributed by atoms with Crippen molar-refractivity contribution in [3.8, 4) is 55.5 Å². The first-order valence-electron chi connectivity index (χ1n) is 17.2. The van der Waals surface area contributed by atoms with Gasteiger partial charge in [-0.1, -0.05) is 152 Å². The van der Waals surface area contributed by atoms with Crippen molar-refractivity contribution in [3.63, 3.8) is 0 Å². The zero-order chi connectivity index (χ0) is 33.7. The number of aromatic nitrogens is 2. The Kier molecular flexibility index (Phi) is 7.04. The predicted octanol–water partition coefficient (Wildman–Crippen LogP) is 13.5. The first-order valence-corrected chi connectivity index (χ1v) is 18.1. The quantitative estimate of drug-likeness (QED) is 0.135. The van der Waals surface area contributed by atoms with Gasteiger partial charge in [0.1, 0.15) is 0 Å². The van der Waals surface area contributed by atoms with Gasteiger partial charge in [0, 0.05) is 26.3 Å². The van der Waals surface area contributed by atoms with Crippen molar-refractivity contribution in [3.05, 3.63) is 182 Å². The lowest BCUT2D eigenvalue weighted by molar-refractivity contribution is 1.19. The molecule has 238 valence electrons. The van der Waals surface area contributed by atoms with Gasteiger partial charge in [0.05, 0.1) is 11.4 Å². The van der Waals surface area contributed by atoms with Crippen molar-refractivity contribution in [2.45, 2.75) is 0 Å². The monoisotopic (exact) mass is 666 g/mol. The lowest BCUT2D eigenvalue weighted by atomic mass is 9.92. The minimum absolute atomic E-state index is 0.717. The number of hydrogen-bond donors (Lipinski definition) is 0. The molecule has 0 bridgehead atoms. The lowest BCUT2D eigenvalue weighted by Crippen LogP contribution is -1.98. The van der Waals surface area contributed by atoms with E-state index in [1.54, 1.807) is 0 Å². The van der Waals surface area contributed by atoms with Crippen LogP contribution in [0.5, 0.6) is 0 Å². The maximum absolute atomic E-state index is 5.47. The highest BCUT2D eigenvalue weighted by molar-refractivity contribution is 7.22. The minimum atomic E-state index is 0.717. The SMILES string of the molecule is c1ccc(-c2ccccc2-c2cc(-c3cccc(-c4cc5ccccc5s4)c3)nc(-c3c4ccccc4cc4c3ccc3ccccc34)n2)cc1. The Bertz CT molecular complexity index is 2890. The molecule has 2 heterocycles. The summed E-state index contributed by atoms with van der Waals surface area (Å²) in [6.07, 6.45) is 0. The molecule has 8 aromatic carbocycles. The summed E-state index contributed by atoms with van der Waals surface area (Å²) in [4.78, 5) is 12.2. The fourth-order valence-electron chi connectivity index (χ4n) is 7.44. The van der Waals surface area contributed by atoms with Crippen molar-refractivity contribution < 1.29 is 0 Å². The molecule has 0 aliphatic carbocycles. The molecule has 0 spiro atoms. The fraction of sp³-hybridized carbons (Fsp3) is 0. The number of thiophene rings is 1. The first kappa shape index (κ1) is 29.5. The van der Waals surface area contributed by atoms with E-state index in [0.29, 0.717) is 0 Å². The topological polar surface area (TPSA) is 25.8 Å². The van der Waals surface area contributed by atoms with Gasteiger partial charge in [-0.2, -0.15) is 0 Å². The van der Waals surface area contributed by atoms with Gasteiger partial charge in [-0.25, -0.2) is 9.97 Å². The molecule has 2 nitrogen and oxygen atoms in total. The second-order valence-electron chi connectivity index (χ2n) is 13.0. The summed E-state index contributed by atoms with van der Waals surface area (Å²) < 4.78 is 1.29. The molecule has 0 saturated heterocycles. The van der Waals surface area contributed by atoms with Crippen LogP contribution in [0.15, 0.2) is 182 Å². The largest absolute Gasteiger partial charge is 0.228 e. The number of rotatable bonds is 5. The van der Waals surface area contributed by atoms with Gasteiger partial charge in [-0.15, -0.1) is 11.3 Å². The zero-order valence-corrected chi connectivity index (χ0v) is 28.4. The molecule has 51 heavy (non-hydrogen) atoms. The van der Waals surface area contributed by atoms with Crippen LogP contribution in [0.2, 0.25) is 0 Å². The van der Waals surface area contributed by atoms with Crippen molar-refractivity contribution in [1.82, 2.24) is 9.97 Å². The highest BCUT2D eigenvalue weighted by Crippen LogP contribution is 2.41. The highest BCUT2D eigenvalue weighted by atomic mass is 32.1. The van der Waals surface area contributed by atoms with E-state index >= 15 is 0 Å². The van der Waals surface area contributed by atoms with E-state index in [4.69, 9.17) is 9.97 Å². The number of nitrogens with zero attached hydrogens (tertiary/aromatic N) is 2. The minimum Gasteiger partial charge on any atom is -0.228 e. The molecule has 2 aromatic heterocycles. The van der Waals surface area contributed by atoms with Gasteiger partial charge in [0.25, 0.3) is 0 Å². The molecular weight excluding hydrogens is 637 g/mol. The highest BCUT2D eigenvalue weighted by Gasteiger charge is 2.19. The van der Waals surface area contributed by atoms with E-state index in [2.05, 4.69) is 182 Å². The third-order valence-electron chi connectivity index (χ3n) is 9.88. The summed E-state index contributed by atoms with van der Waals surface area (Å²) in [7, 11) is 0. The standard InChI is InChI=1S/C48H30N2S/c1-2-13-31(14-3-1)37-20-9-10-23-40(37)44-30-43(34-18-12-19-35(27-34)46-29-36-17-6-11-24-45(36)51-46)49-48(50-44)47-39-22-8-5-16-33(39)28-42-38-21-7-4-15-32(38)25-26-41(42)47/h1-30H. The Morgan fingerprint density at radius 3 is 1.88 bits per heavy atom. The maximum Gasteiger partial charge on any atom is 0.161 e. The van der Waals surface area contributed by atoms with Gasteiger partial charge < -0.3 is 0 Å². The first-order chi connectivity index (χ1) is 25.3. The van der Waals surface area contributed by atoms with Crippen LogP contribution in [0, 0.1) is 0 Å². The van der Waals surface area contributed by atoms with Crippen LogP contribution in [-0.4, -0.2) is 9.97 Å². The number of hydrogen-bond acceptors (Lipinski definition) is 3. The molecule has 0 N–H and O–H groups in total. The Morgan fingerprint density at radius 1 is 0.353 bits per heavy atom. The average Bonchev–Trinajstić information content (AvgIpc) is 3.65. The van der Waals surface area contributed by atoms with E-state index in [1.807, 2.05) is 11.3 Å². The Hall–Kier alpha value is -6.42. The van der Waals surface area contributed by atoms with Crippen LogP contribution < -0.4 is 0 Å².